The van der Waals surface area contributed by atoms with E-state index in [1.54, 1.807) is 21.6 Å². The minimum Gasteiger partial charge on any atom is -0.333 e. The average molecular weight is 506 g/mol. The zero-order chi connectivity index (χ0) is 25.7. The highest BCUT2D eigenvalue weighted by Gasteiger charge is 2.26. The number of halogens is 1. The number of imidazole rings is 1. The molecule has 8 heteroatoms. The maximum Gasteiger partial charge on any atom is 0.254 e. The molecule has 0 aliphatic rings. The van der Waals surface area contributed by atoms with Gasteiger partial charge in [0.2, 0.25) is 15.0 Å². The van der Waals surface area contributed by atoms with E-state index in [9.17, 15) is 17.6 Å². The van der Waals surface area contributed by atoms with Gasteiger partial charge in [-0.2, -0.15) is 0 Å². The molecular weight excluding hydrogens is 477 g/mol. The quantitative estimate of drug-likeness (QED) is 0.320. The summed E-state index contributed by atoms with van der Waals surface area (Å²) in [5, 5.41) is -0.0427. The molecule has 0 spiro atoms. The number of sulfone groups is 1. The average Bonchev–Trinajstić information content (AvgIpc) is 3.27. The normalized spacial score (nSPS) is 11.4. The number of hydrogen-bond acceptors (Lipinski definition) is 4. The minimum absolute atomic E-state index is 0.0427. The Morgan fingerprint density at radius 1 is 1.00 bits per heavy atom. The summed E-state index contributed by atoms with van der Waals surface area (Å²) in [4.78, 5) is 19.0. The van der Waals surface area contributed by atoms with E-state index in [0.29, 0.717) is 17.8 Å². The third kappa shape index (κ3) is 5.71. The summed E-state index contributed by atoms with van der Waals surface area (Å²) < 4.78 is 42.4. The van der Waals surface area contributed by atoms with E-state index in [1.165, 1.54) is 24.4 Å². The van der Waals surface area contributed by atoms with Crippen molar-refractivity contribution in [3.8, 4) is 0 Å². The van der Waals surface area contributed by atoms with E-state index >= 15 is 0 Å². The highest BCUT2D eigenvalue weighted by molar-refractivity contribution is 7.90. The summed E-state index contributed by atoms with van der Waals surface area (Å²) in [7, 11) is -3.79. The molecule has 0 fully saturated rings. The third-order valence-electron chi connectivity index (χ3n) is 6.06. The Hall–Kier alpha value is -3.78. The van der Waals surface area contributed by atoms with Crippen molar-refractivity contribution in [3.63, 3.8) is 0 Å². The summed E-state index contributed by atoms with van der Waals surface area (Å²) in [5.74, 6) is -1.01. The molecule has 1 amide bonds. The fraction of sp³-hybridized carbons (Fsp3) is 0.214. The molecule has 0 saturated heterocycles. The van der Waals surface area contributed by atoms with Gasteiger partial charge in [-0.05, 0) is 48.7 Å². The number of hydrogen-bond donors (Lipinski definition) is 0. The lowest BCUT2D eigenvalue weighted by atomic mass is 10.1. The molecular formula is C28H28FN3O3S. The van der Waals surface area contributed by atoms with Crippen LogP contribution in [0.25, 0.3) is 0 Å². The van der Waals surface area contributed by atoms with E-state index in [2.05, 4.69) is 4.98 Å². The Bertz CT molecular complexity index is 1470. The SMILES string of the molecule is CCN(Cc1cnc(S(=O)(=O)Cc2ccccc2C)n1Cc1ccccc1)C(=O)c1cccc(F)c1. The fourth-order valence-electron chi connectivity index (χ4n) is 4.07. The maximum absolute atomic E-state index is 13.7. The summed E-state index contributed by atoms with van der Waals surface area (Å²) in [5.41, 5.74) is 3.32. The number of benzene rings is 3. The van der Waals surface area contributed by atoms with E-state index in [1.807, 2.05) is 62.4 Å². The molecule has 0 radical (unpaired) electrons. The Labute approximate surface area is 211 Å². The highest BCUT2D eigenvalue weighted by atomic mass is 32.2. The fourth-order valence-corrected chi connectivity index (χ4v) is 5.66. The molecule has 1 aromatic heterocycles. The van der Waals surface area contributed by atoms with E-state index in [-0.39, 0.29) is 35.5 Å². The van der Waals surface area contributed by atoms with Crippen molar-refractivity contribution in [2.75, 3.05) is 6.54 Å². The Kier molecular flexibility index (Phi) is 7.64. The van der Waals surface area contributed by atoms with Crippen molar-refractivity contribution in [1.82, 2.24) is 14.5 Å². The van der Waals surface area contributed by atoms with Crippen molar-refractivity contribution in [2.45, 2.75) is 37.8 Å². The van der Waals surface area contributed by atoms with Crippen LogP contribution in [0.5, 0.6) is 0 Å². The molecule has 0 aliphatic carbocycles. The van der Waals surface area contributed by atoms with Crippen LogP contribution in [-0.2, 0) is 28.7 Å². The molecule has 0 N–H and O–H groups in total. The molecule has 3 aromatic carbocycles. The number of carbonyl (C=O) groups excluding carboxylic acids is 1. The third-order valence-corrected chi connectivity index (χ3v) is 7.64. The molecule has 6 nitrogen and oxygen atoms in total. The minimum atomic E-state index is -3.79. The molecule has 0 aliphatic heterocycles. The molecule has 36 heavy (non-hydrogen) atoms. The van der Waals surface area contributed by atoms with Crippen LogP contribution in [0.2, 0.25) is 0 Å². The maximum atomic E-state index is 13.7. The monoisotopic (exact) mass is 505 g/mol. The zero-order valence-corrected chi connectivity index (χ0v) is 21.1. The Morgan fingerprint density at radius 2 is 1.72 bits per heavy atom. The van der Waals surface area contributed by atoms with E-state index < -0.39 is 15.7 Å². The van der Waals surface area contributed by atoms with Crippen LogP contribution in [0.15, 0.2) is 90.2 Å². The zero-order valence-electron chi connectivity index (χ0n) is 20.3. The van der Waals surface area contributed by atoms with Crippen LogP contribution >= 0.6 is 0 Å². The first-order chi connectivity index (χ1) is 17.3. The number of carbonyl (C=O) groups is 1. The first kappa shape index (κ1) is 25.3. The van der Waals surface area contributed by atoms with Crippen molar-refractivity contribution < 1.29 is 17.6 Å². The molecule has 1 heterocycles. The lowest BCUT2D eigenvalue weighted by Gasteiger charge is -2.22. The van der Waals surface area contributed by atoms with Gasteiger partial charge in [-0.1, -0.05) is 60.7 Å². The summed E-state index contributed by atoms with van der Waals surface area (Å²) in [6.07, 6.45) is 1.51. The van der Waals surface area contributed by atoms with Gasteiger partial charge in [0.05, 0.1) is 30.7 Å². The van der Waals surface area contributed by atoms with Gasteiger partial charge in [0.1, 0.15) is 5.82 Å². The van der Waals surface area contributed by atoms with Crippen molar-refractivity contribution in [1.29, 1.82) is 0 Å². The number of amides is 1. The van der Waals surface area contributed by atoms with Crippen LogP contribution in [0.1, 0.15) is 39.7 Å². The molecule has 4 rings (SSSR count). The van der Waals surface area contributed by atoms with Gasteiger partial charge >= 0.3 is 0 Å². The second-order valence-electron chi connectivity index (χ2n) is 8.62. The van der Waals surface area contributed by atoms with E-state index in [0.717, 1.165) is 11.1 Å². The lowest BCUT2D eigenvalue weighted by molar-refractivity contribution is 0.0748. The topological polar surface area (TPSA) is 72.3 Å². The number of aryl methyl sites for hydroxylation is 1. The molecule has 0 atom stereocenters. The molecule has 0 bridgehead atoms. The second-order valence-corrected chi connectivity index (χ2v) is 10.5. The first-order valence-corrected chi connectivity index (χ1v) is 13.3. The van der Waals surface area contributed by atoms with Gasteiger partial charge < -0.3 is 9.47 Å². The standard InChI is InChI=1S/C28H28FN3O3S/c1-3-31(27(33)23-14-9-15-25(29)16-23)19-26-17-30-28(32(26)18-22-11-5-4-6-12-22)36(34,35)20-24-13-8-7-10-21(24)2/h4-17H,3,18-20H2,1-2H3. The predicted molar refractivity (Wildman–Crippen MR) is 137 cm³/mol. The van der Waals surface area contributed by atoms with Gasteiger partial charge in [-0.3, -0.25) is 4.79 Å². The summed E-state index contributed by atoms with van der Waals surface area (Å²) >= 11 is 0. The smallest absolute Gasteiger partial charge is 0.254 e. The molecule has 186 valence electrons. The largest absolute Gasteiger partial charge is 0.333 e. The van der Waals surface area contributed by atoms with E-state index in [4.69, 9.17) is 0 Å². The molecule has 0 unspecified atom stereocenters. The van der Waals surface area contributed by atoms with Crippen molar-refractivity contribution in [3.05, 3.63) is 119 Å². The van der Waals surface area contributed by atoms with Gasteiger partial charge in [-0.25, -0.2) is 17.8 Å². The van der Waals surface area contributed by atoms with Gasteiger partial charge in [-0.15, -0.1) is 0 Å². The molecule has 0 saturated carbocycles. The highest BCUT2D eigenvalue weighted by Crippen LogP contribution is 2.22. The lowest BCUT2D eigenvalue weighted by Crippen LogP contribution is -2.31. The Balaban J connectivity index is 1.71. The van der Waals surface area contributed by atoms with Gasteiger partial charge in [0.15, 0.2) is 0 Å². The van der Waals surface area contributed by atoms with Crippen LogP contribution in [0.3, 0.4) is 0 Å². The predicted octanol–water partition coefficient (Wildman–Crippen LogP) is 5.02. The van der Waals surface area contributed by atoms with Crippen LogP contribution in [-0.4, -0.2) is 35.3 Å². The first-order valence-electron chi connectivity index (χ1n) is 11.7. The van der Waals surface area contributed by atoms with Crippen molar-refractivity contribution in [2.24, 2.45) is 0 Å². The summed E-state index contributed by atoms with van der Waals surface area (Å²) in [6, 6.07) is 22.4. The summed E-state index contributed by atoms with van der Waals surface area (Å²) in [6.45, 7) is 4.47. The van der Waals surface area contributed by atoms with Crippen molar-refractivity contribution >= 4 is 15.7 Å². The van der Waals surface area contributed by atoms with Gasteiger partial charge in [0.25, 0.3) is 5.91 Å². The Morgan fingerprint density at radius 3 is 2.42 bits per heavy atom. The number of nitrogens with zero attached hydrogens (tertiary/aromatic N) is 3. The van der Waals surface area contributed by atoms with Crippen LogP contribution < -0.4 is 0 Å². The number of rotatable bonds is 9. The van der Waals surface area contributed by atoms with Crippen LogP contribution in [0, 0.1) is 12.7 Å². The van der Waals surface area contributed by atoms with Crippen LogP contribution in [0.4, 0.5) is 4.39 Å². The molecule has 4 aromatic rings. The van der Waals surface area contributed by atoms with Gasteiger partial charge in [0, 0.05) is 12.1 Å². The number of aromatic nitrogens is 2. The second kappa shape index (κ2) is 10.9.